The van der Waals surface area contributed by atoms with E-state index in [2.05, 4.69) is 37.1 Å². The van der Waals surface area contributed by atoms with E-state index in [1.165, 1.54) is 6.21 Å². The van der Waals surface area contributed by atoms with E-state index in [4.69, 9.17) is 26.1 Å². The summed E-state index contributed by atoms with van der Waals surface area (Å²) in [5.41, 5.74) is 4.93. The standard InChI is InChI=1S/C27H25BrN4O5S/c1-3-35-26(34)24-16(2)30-27(38)31-25(24)20-9-4-5-10-22(20)36-15-23(33)32-29-14-19-11-12-21(37-19)17-7-6-8-18(28)13-17/h4-14,25H,3,15H2,1-2H3,(H,32,33)(H2,30,31,38)/t25-/m1/s1. The SMILES string of the molecule is CCOC(=O)C1=C(C)NC(=S)N[C@@H]1c1ccccc1OCC(=O)NN=Cc1ccc(-c2cccc(Br)c2)o1. The Morgan fingerprint density at radius 2 is 2.00 bits per heavy atom. The molecule has 3 N–H and O–H groups in total. The quantitative estimate of drug-likeness (QED) is 0.142. The average Bonchev–Trinajstić information content (AvgIpc) is 3.36. The number of carbonyl (C=O) groups excluding carboxylic acids is 2. The number of furan rings is 1. The summed E-state index contributed by atoms with van der Waals surface area (Å²) in [5.74, 6) is 0.624. The molecule has 2 heterocycles. The maximum absolute atomic E-state index is 12.7. The Morgan fingerprint density at radius 3 is 2.79 bits per heavy atom. The highest BCUT2D eigenvalue weighted by atomic mass is 79.9. The van der Waals surface area contributed by atoms with Crippen LogP contribution < -0.4 is 20.8 Å². The number of hydrogen-bond acceptors (Lipinski definition) is 7. The number of esters is 1. The number of benzene rings is 2. The topological polar surface area (TPSA) is 114 Å². The molecule has 0 aliphatic carbocycles. The van der Waals surface area contributed by atoms with Crippen molar-refractivity contribution in [2.24, 2.45) is 5.10 Å². The lowest BCUT2D eigenvalue weighted by atomic mass is 9.95. The molecule has 38 heavy (non-hydrogen) atoms. The van der Waals surface area contributed by atoms with Gasteiger partial charge in [-0.1, -0.05) is 46.3 Å². The predicted molar refractivity (Wildman–Crippen MR) is 150 cm³/mol. The Hall–Kier alpha value is -3.96. The highest BCUT2D eigenvalue weighted by Gasteiger charge is 2.32. The van der Waals surface area contributed by atoms with Gasteiger partial charge in [-0.15, -0.1) is 0 Å². The maximum atomic E-state index is 12.7. The van der Waals surface area contributed by atoms with Gasteiger partial charge in [0.15, 0.2) is 11.7 Å². The van der Waals surface area contributed by atoms with Crippen LogP contribution >= 0.6 is 28.1 Å². The number of para-hydroxylation sites is 1. The number of hydrazone groups is 1. The summed E-state index contributed by atoms with van der Waals surface area (Å²) < 4.78 is 17.7. The van der Waals surface area contributed by atoms with Crippen LogP contribution in [0, 0.1) is 0 Å². The van der Waals surface area contributed by atoms with E-state index in [0.29, 0.717) is 39.2 Å². The summed E-state index contributed by atoms with van der Waals surface area (Å²) in [6.07, 6.45) is 1.41. The molecule has 0 saturated carbocycles. The van der Waals surface area contributed by atoms with Crippen molar-refractivity contribution in [2.45, 2.75) is 19.9 Å². The Labute approximate surface area is 233 Å². The van der Waals surface area contributed by atoms with Gasteiger partial charge in [0.05, 0.1) is 24.4 Å². The van der Waals surface area contributed by atoms with E-state index in [1.54, 1.807) is 38.1 Å². The molecule has 2 aromatic carbocycles. The molecule has 9 nitrogen and oxygen atoms in total. The molecule has 3 aromatic rings. The van der Waals surface area contributed by atoms with Crippen molar-refractivity contribution in [2.75, 3.05) is 13.2 Å². The van der Waals surface area contributed by atoms with Crippen molar-refractivity contribution in [1.82, 2.24) is 16.1 Å². The van der Waals surface area contributed by atoms with Crippen LogP contribution in [0.3, 0.4) is 0 Å². The molecule has 0 saturated heterocycles. The lowest BCUT2D eigenvalue weighted by molar-refractivity contribution is -0.139. The smallest absolute Gasteiger partial charge is 0.338 e. The molecular weight excluding hydrogens is 572 g/mol. The Bertz CT molecular complexity index is 1420. The summed E-state index contributed by atoms with van der Waals surface area (Å²) in [4.78, 5) is 25.1. The number of carbonyl (C=O) groups is 2. The zero-order valence-electron chi connectivity index (χ0n) is 20.6. The van der Waals surface area contributed by atoms with Crippen LogP contribution in [0.4, 0.5) is 0 Å². The molecule has 196 valence electrons. The van der Waals surface area contributed by atoms with Gasteiger partial charge in [0.25, 0.3) is 5.91 Å². The fraction of sp³-hybridized carbons (Fsp3) is 0.185. The number of rotatable bonds is 9. The van der Waals surface area contributed by atoms with Crippen molar-refractivity contribution < 1.29 is 23.5 Å². The van der Waals surface area contributed by atoms with Gasteiger partial charge in [-0.3, -0.25) is 4.79 Å². The lowest BCUT2D eigenvalue weighted by Crippen LogP contribution is -2.45. The van der Waals surface area contributed by atoms with E-state index in [-0.39, 0.29) is 13.2 Å². The number of nitrogens with one attached hydrogen (secondary N) is 3. The number of amides is 1. The summed E-state index contributed by atoms with van der Waals surface area (Å²) in [6, 6.07) is 17.8. The van der Waals surface area contributed by atoms with E-state index in [9.17, 15) is 9.59 Å². The molecule has 1 aliphatic heterocycles. The van der Waals surface area contributed by atoms with Crippen LogP contribution in [0.1, 0.15) is 31.2 Å². The molecule has 11 heteroatoms. The van der Waals surface area contributed by atoms with Gasteiger partial charge in [-0.25, -0.2) is 10.2 Å². The van der Waals surface area contributed by atoms with Crippen LogP contribution in [-0.2, 0) is 14.3 Å². The van der Waals surface area contributed by atoms with Gasteiger partial charge in [-0.05, 0) is 56.4 Å². The second-order valence-electron chi connectivity index (χ2n) is 8.12. The second kappa shape index (κ2) is 12.5. The number of ether oxygens (including phenoxy) is 2. The number of thiocarbonyl (C=S) groups is 1. The first kappa shape index (κ1) is 27.1. The lowest BCUT2D eigenvalue weighted by Gasteiger charge is -2.30. The van der Waals surface area contributed by atoms with E-state index in [1.807, 2.05) is 36.4 Å². The molecule has 1 amide bonds. The van der Waals surface area contributed by atoms with Crippen molar-refractivity contribution in [3.8, 4) is 17.1 Å². The first-order valence-corrected chi connectivity index (χ1v) is 12.9. The molecule has 1 atom stereocenters. The Morgan fingerprint density at radius 1 is 1.18 bits per heavy atom. The third kappa shape index (κ3) is 6.67. The predicted octanol–water partition coefficient (Wildman–Crippen LogP) is 4.59. The largest absolute Gasteiger partial charge is 0.483 e. The monoisotopic (exact) mass is 596 g/mol. The van der Waals surface area contributed by atoms with Gasteiger partial charge in [0, 0.05) is 21.3 Å². The van der Waals surface area contributed by atoms with E-state index in [0.717, 1.165) is 10.0 Å². The number of allylic oxidation sites excluding steroid dienone is 1. The van der Waals surface area contributed by atoms with Gasteiger partial charge in [0.1, 0.15) is 17.3 Å². The molecule has 4 rings (SSSR count). The molecule has 0 spiro atoms. The maximum Gasteiger partial charge on any atom is 0.338 e. The summed E-state index contributed by atoms with van der Waals surface area (Å²) >= 11 is 8.74. The summed E-state index contributed by atoms with van der Waals surface area (Å²) in [5, 5.41) is 10.4. The molecule has 0 unspecified atom stereocenters. The molecular formula is C27H25BrN4O5S. The van der Waals surface area contributed by atoms with Crippen LogP contribution in [0.15, 0.2) is 85.9 Å². The van der Waals surface area contributed by atoms with Crippen molar-refractivity contribution in [3.05, 3.63) is 87.7 Å². The number of nitrogens with zero attached hydrogens (tertiary/aromatic N) is 1. The minimum Gasteiger partial charge on any atom is -0.483 e. The fourth-order valence-electron chi connectivity index (χ4n) is 3.82. The van der Waals surface area contributed by atoms with Gasteiger partial charge < -0.3 is 24.5 Å². The van der Waals surface area contributed by atoms with Gasteiger partial charge in [-0.2, -0.15) is 5.10 Å². The van der Waals surface area contributed by atoms with Crippen LogP contribution in [0.25, 0.3) is 11.3 Å². The van der Waals surface area contributed by atoms with Crippen molar-refractivity contribution in [3.63, 3.8) is 0 Å². The second-order valence-corrected chi connectivity index (χ2v) is 9.45. The van der Waals surface area contributed by atoms with Gasteiger partial charge >= 0.3 is 5.97 Å². The third-order valence-electron chi connectivity index (χ3n) is 5.47. The van der Waals surface area contributed by atoms with Gasteiger partial charge in [0.2, 0.25) is 0 Å². The minimum atomic E-state index is -0.613. The summed E-state index contributed by atoms with van der Waals surface area (Å²) in [7, 11) is 0. The Balaban J connectivity index is 1.40. The van der Waals surface area contributed by atoms with Crippen molar-refractivity contribution in [1.29, 1.82) is 0 Å². The number of hydrogen-bond donors (Lipinski definition) is 3. The molecule has 1 aliphatic rings. The number of halogens is 1. The first-order chi connectivity index (χ1) is 18.4. The average molecular weight is 597 g/mol. The minimum absolute atomic E-state index is 0.231. The highest BCUT2D eigenvalue weighted by molar-refractivity contribution is 9.10. The molecule has 0 fully saturated rings. The normalized spacial score (nSPS) is 15.1. The third-order valence-corrected chi connectivity index (χ3v) is 6.18. The van der Waals surface area contributed by atoms with Crippen LogP contribution in [0.5, 0.6) is 5.75 Å². The van der Waals surface area contributed by atoms with E-state index < -0.39 is 17.9 Å². The Kier molecular flexibility index (Phi) is 8.93. The molecule has 1 aromatic heterocycles. The van der Waals surface area contributed by atoms with Crippen LogP contribution in [0.2, 0.25) is 0 Å². The highest BCUT2D eigenvalue weighted by Crippen LogP contribution is 2.33. The van der Waals surface area contributed by atoms with E-state index >= 15 is 0 Å². The van der Waals surface area contributed by atoms with Crippen LogP contribution in [-0.4, -0.2) is 36.4 Å². The fourth-order valence-corrected chi connectivity index (χ4v) is 4.49. The molecule has 0 radical (unpaired) electrons. The zero-order chi connectivity index (χ0) is 27.1. The zero-order valence-corrected chi connectivity index (χ0v) is 23.0. The molecule has 0 bridgehead atoms. The first-order valence-electron chi connectivity index (χ1n) is 11.7. The van der Waals surface area contributed by atoms with Crippen molar-refractivity contribution >= 4 is 51.4 Å². The summed E-state index contributed by atoms with van der Waals surface area (Å²) in [6.45, 7) is 3.42.